The van der Waals surface area contributed by atoms with E-state index in [2.05, 4.69) is 53.9 Å². The number of likely N-dealkylation sites (N-methyl/N-ethyl adjacent to an activating group) is 1. The number of benzene rings is 1. The molecule has 1 heterocycles. The summed E-state index contributed by atoms with van der Waals surface area (Å²) in [5.74, 6) is 6.22. The van der Waals surface area contributed by atoms with E-state index in [1.54, 1.807) is 0 Å². The molecule has 1 aliphatic rings. The Labute approximate surface area is 128 Å². The normalized spacial score (nSPS) is 19.3. The molecule has 21 heavy (non-hydrogen) atoms. The first kappa shape index (κ1) is 16.0. The fraction of sp³-hybridized carbons (Fsp3) is 0.556. The van der Waals surface area contributed by atoms with Crippen molar-refractivity contribution in [3.8, 4) is 11.8 Å². The highest BCUT2D eigenvalue weighted by Gasteiger charge is 2.21. The van der Waals surface area contributed by atoms with Gasteiger partial charge in [-0.3, -0.25) is 4.90 Å². The molecule has 1 aliphatic heterocycles. The third-order valence-electron chi connectivity index (χ3n) is 4.08. The summed E-state index contributed by atoms with van der Waals surface area (Å²) in [6.07, 6.45) is 3.10. The van der Waals surface area contributed by atoms with E-state index in [0.717, 1.165) is 18.7 Å². The fourth-order valence-corrected chi connectivity index (χ4v) is 2.83. The van der Waals surface area contributed by atoms with Crippen molar-refractivity contribution < 1.29 is 5.11 Å². The van der Waals surface area contributed by atoms with Crippen molar-refractivity contribution in [1.29, 1.82) is 0 Å². The van der Waals surface area contributed by atoms with Crippen LogP contribution in [-0.2, 0) is 6.54 Å². The molecule has 0 aliphatic carbocycles. The second-order valence-corrected chi connectivity index (χ2v) is 5.93. The average Bonchev–Trinajstić information content (AvgIpc) is 2.49. The number of nitrogens with zero attached hydrogens (tertiary/aromatic N) is 2. The first-order chi connectivity index (χ1) is 10.2. The second kappa shape index (κ2) is 8.19. The van der Waals surface area contributed by atoms with Crippen molar-refractivity contribution in [2.45, 2.75) is 31.8 Å². The van der Waals surface area contributed by atoms with Gasteiger partial charge in [-0.2, -0.15) is 0 Å². The third-order valence-corrected chi connectivity index (χ3v) is 4.08. The summed E-state index contributed by atoms with van der Waals surface area (Å²) in [4.78, 5) is 4.86. The van der Waals surface area contributed by atoms with E-state index in [0.29, 0.717) is 12.5 Å². The highest BCUT2D eigenvalue weighted by Crippen LogP contribution is 2.18. The first-order valence-electron chi connectivity index (χ1n) is 7.77. The van der Waals surface area contributed by atoms with Crippen LogP contribution in [0.1, 0.15) is 30.4 Å². The van der Waals surface area contributed by atoms with Crippen molar-refractivity contribution in [3.05, 3.63) is 35.4 Å². The summed E-state index contributed by atoms with van der Waals surface area (Å²) in [6, 6.07) is 9.02. The minimum Gasteiger partial charge on any atom is -0.395 e. The molecule has 1 N–H and O–H groups in total. The minimum atomic E-state index is 0.131. The predicted octanol–water partition coefficient (Wildman–Crippen LogP) is 1.95. The Morgan fingerprint density at radius 2 is 2.14 bits per heavy atom. The number of likely N-dealkylation sites (tertiary alicyclic amines) is 1. The van der Waals surface area contributed by atoms with Gasteiger partial charge in [0, 0.05) is 31.1 Å². The van der Waals surface area contributed by atoms with Crippen LogP contribution in [0.5, 0.6) is 0 Å². The van der Waals surface area contributed by atoms with Gasteiger partial charge in [-0.25, -0.2) is 0 Å². The molecule has 0 spiro atoms. The summed E-state index contributed by atoms with van der Waals surface area (Å²) >= 11 is 0. The molecular formula is C18H26N2O. The largest absolute Gasteiger partial charge is 0.395 e. The van der Waals surface area contributed by atoms with E-state index in [1.807, 2.05) is 6.07 Å². The molecule has 0 saturated carbocycles. The number of aliphatic hydroxyl groups excluding tert-OH is 1. The Balaban J connectivity index is 2.04. The molecule has 1 unspecified atom stereocenters. The Hall–Kier alpha value is -1.34. The SMILES string of the molecule is CN(C)C1CCCN(Cc2ccccc2C#CCCO)C1. The zero-order chi connectivity index (χ0) is 15.1. The van der Waals surface area contributed by atoms with E-state index in [4.69, 9.17) is 5.11 Å². The lowest BCUT2D eigenvalue weighted by atomic mass is 10.0. The molecule has 0 amide bonds. The quantitative estimate of drug-likeness (QED) is 0.857. The van der Waals surface area contributed by atoms with Gasteiger partial charge in [-0.05, 0) is 45.1 Å². The number of piperidine rings is 1. The van der Waals surface area contributed by atoms with Crippen LogP contribution in [0.15, 0.2) is 24.3 Å². The van der Waals surface area contributed by atoms with Crippen LogP contribution in [0.3, 0.4) is 0 Å². The van der Waals surface area contributed by atoms with Crippen LogP contribution in [0.25, 0.3) is 0 Å². The van der Waals surface area contributed by atoms with Gasteiger partial charge < -0.3 is 10.0 Å². The lowest BCUT2D eigenvalue weighted by molar-refractivity contribution is 0.128. The average molecular weight is 286 g/mol. The lowest BCUT2D eigenvalue weighted by Crippen LogP contribution is -2.44. The Morgan fingerprint density at radius 1 is 1.33 bits per heavy atom. The van der Waals surface area contributed by atoms with Crippen LogP contribution in [0.2, 0.25) is 0 Å². The highest BCUT2D eigenvalue weighted by atomic mass is 16.2. The van der Waals surface area contributed by atoms with Crippen molar-refractivity contribution in [2.24, 2.45) is 0 Å². The maximum Gasteiger partial charge on any atom is 0.0540 e. The number of aliphatic hydroxyl groups is 1. The monoisotopic (exact) mass is 286 g/mol. The lowest BCUT2D eigenvalue weighted by Gasteiger charge is -2.36. The third kappa shape index (κ3) is 4.86. The van der Waals surface area contributed by atoms with E-state index >= 15 is 0 Å². The summed E-state index contributed by atoms with van der Waals surface area (Å²) in [7, 11) is 4.34. The molecule has 3 heteroatoms. The van der Waals surface area contributed by atoms with Gasteiger partial charge in [-0.1, -0.05) is 30.0 Å². The van der Waals surface area contributed by atoms with Crippen LogP contribution >= 0.6 is 0 Å². The van der Waals surface area contributed by atoms with E-state index in [9.17, 15) is 0 Å². The van der Waals surface area contributed by atoms with Gasteiger partial charge in [0.2, 0.25) is 0 Å². The second-order valence-electron chi connectivity index (χ2n) is 5.93. The topological polar surface area (TPSA) is 26.7 Å². The standard InChI is InChI=1S/C18H26N2O/c1-19(2)18-11-7-12-20(15-18)14-17-10-4-3-8-16(17)9-5-6-13-21/h3-4,8,10,18,21H,6-7,11-15H2,1-2H3. The summed E-state index contributed by atoms with van der Waals surface area (Å²) < 4.78 is 0. The van der Waals surface area contributed by atoms with Crippen LogP contribution < -0.4 is 0 Å². The van der Waals surface area contributed by atoms with Gasteiger partial charge in [0.1, 0.15) is 0 Å². The zero-order valence-corrected chi connectivity index (χ0v) is 13.2. The highest BCUT2D eigenvalue weighted by molar-refractivity contribution is 5.41. The van der Waals surface area contributed by atoms with Crippen molar-refractivity contribution >= 4 is 0 Å². The molecule has 1 aromatic rings. The van der Waals surface area contributed by atoms with Crippen molar-refractivity contribution in [1.82, 2.24) is 9.80 Å². The van der Waals surface area contributed by atoms with Crippen molar-refractivity contribution in [2.75, 3.05) is 33.8 Å². The molecule has 1 fully saturated rings. The molecule has 3 nitrogen and oxygen atoms in total. The summed E-state index contributed by atoms with van der Waals surface area (Å²) in [6.45, 7) is 3.40. The molecule has 1 atom stereocenters. The van der Waals surface area contributed by atoms with Crippen molar-refractivity contribution in [3.63, 3.8) is 0 Å². The summed E-state index contributed by atoms with van der Waals surface area (Å²) in [5.41, 5.74) is 2.39. The number of rotatable bonds is 4. The Morgan fingerprint density at radius 3 is 2.90 bits per heavy atom. The predicted molar refractivity (Wildman–Crippen MR) is 87.0 cm³/mol. The van der Waals surface area contributed by atoms with Crippen LogP contribution in [-0.4, -0.2) is 54.7 Å². The fourth-order valence-electron chi connectivity index (χ4n) is 2.83. The van der Waals surface area contributed by atoms with Gasteiger partial charge in [0.05, 0.1) is 6.61 Å². The maximum atomic E-state index is 8.84. The van der Waals surface area contributed by atoms with Gasteiger partial charge in [0.25, 0.3) is 0 Å². The molecule has 0 bridgehead atoms. The smallest absolute Gasteiger partial charge is 0.0540 e. The maximum absolute atomic E-state index is 8.84. The van der Waals surface area contributed by atoms with E-state index in [1.165, 1.54) is 24.9 Å². The number of hydrogen-bond donors (Lipinski definition) is 1. The molecule has 114 valence electrons. The van der Waals surface area contributed by atoms with Crippen LogP contribution in [0, 0.1) is 11.8 Å². The molecule has 1 aromatic carbocycles. The minimum absolute atomic E-state index is 0.131. The number of hydrogen-bond acceptors (Lipinski definition) is 3. The zero-order valence-electron chi connectivity index (χ0n) is 13.2. The van der Waals surface area contributed by atoms with Gasteiger partial charge >= 0.3 is 0 Å². The molecule has 1 saturated heterocycles. The van der Waals surface area contributed by atoms with E-state index < -0.39 is 0 Å². The Kier molecular flexibility index (Phi) is 6.25. The van der Waals surface area contributed by atoms with E-state index in [-0.39, 0.29) is 6.61 Å². The molecule has 2 rings (SSSR count). The first-order valence-corrected chi connectivity index (χ1v) is 7.77. The molecular weight excluding hydrogens is 260 g/mol. The van der Waals surface area contributed by atoms with Gasteiger partial charge in [-0.15, -0.1) is 0 Å². The Bertz CT molecular complexity index is 501. The molecule has 0 radical (unpaired) electrons. The molecule has 0 aromatic heterocycles. The van der Waals surface area contributed by atoms with Crippen LogP contribution in [0.4, 0.5) is 0 Å². The summed E-state index contributed by atoms with van der Waals surface area (Å²) in [5, 5.41) is 8.84. The van der Waals surface area contributed by atoms with Gasteiger partial charge in [0.15, 0.2) is 0 Å².